The molecule has 2 aromatic rings. The number of guanidine groups is 1. The van der Waals surface area contributed by atoms with Gasteiger partial charge in [0.05, 0.1) is 18.8 Å². The third kappa shape index (κ3) is 5.40. The van der Waals surface area contributed by atoms with Crippen LogP contribution in [0, 0.1) is 0 Å². The van der Waals surface area contributed by atoms with Crippen LogP contribution < -0.4 is 10.6 Å². The van der Waals surface area contributed by atoms with E-state index in [0.29, 0.717) is 19.0 Å². The van der Waals surface area contributed by atoms with Crippen LogP contribution >= 0.6 is 35.3 Å². The van der Waals surface area contributed by atoms with Crippen molar-refractivity contribution >= 4 is 47.2 Å². The number of fused-ring (bicyclic) bond motifs is 1. The third-order valence-corrected chi connectivity index (χ3v) is 4.98. The lowest BCUT2D eigenvalue weighted by atomic mass is 10.1. The summed E-state index contributed by atoms with van der Waals surface area (Å²) < 4.78 is 0. The molecule has 0 radical (unpaired) electrons. The molecule has 1 aliphatic rings. The third-order valence-electron chi connectivity index (χ3n) is 3.95. The molecule has 0 aliphatic carbocycles. The summed E-state index contributed by atoms with van der Waals surface area (Å²) in [6.07, 6.45) is 2.71. The first kappa shape index (κ1) is 19.6. The van der Waals surface area contributed by atoms with Gasteiger partial charge in [0.1, 0.15) is 0 Å². The monoisotopic (exact) mass is 471 g/mol. The van der Waals surface area contributed by atoms with Gasteiger partial charge >= 0.3 is 0 Å². The van der Waals surface area contributed by atoms with Gasteiger partial charge in [-0.15, -0.1) is 35.3 Å². The molecular weight excluding hydrogens is 449 g/mol. The quantitative estimate of drug-likeness (QED) is 0.407. The van der Waals surface area contributed by atoms with Gasteiger partial charge in [0, 0.05) is 31.2 Å². The molecule has 6 nitrogen and oxygen atoms in total. The minimum Gasteiger partial charge on any atom is -0.351 e. The molecule has 0 fully saturated rings. The first-order chi connectivity index (χ1) is 11.8. The van der Waals surface area contributed by atoms with Crippen LogP contribution in [0.3, 0.4) is 0 Å². The number of pyridine rings is 1. The van der Waals surface area contributed by atoms with Crippen molar-refractivity contribution in [2.24, 2.45) is 4.99 Å². The van der Waals surface area contributed by atoms with Crippen molar-refractivity contribution in [1.82, 2.24) is 20.5 Å². The maximum atomic E-state index is 12.4. The number of aliphatic imine (C=N–C) groups is 1. The van der Waals surface area contributed by atoms with E-state index in [1.54, 1.807) is 24.6 Å². The summed E-state index contributed by atoms with van der Waals surface area (Å²) in [5.74, 6) is 0.690. The molecule has 1 amide bonds. The molecule has 2 aromatic heterocycles. The van der Waals surface area contributed by atoms with Gasteiger partial charge in [0.25, 0.3) is 0 Å². The summed E-state index contributed by atoms with van der Waals surface area (Å²) in [6.45, 7) is 2.30. The molecule has 8 heteroatoms. The average Bonchev–Trinajstić information content (AvgIpc) is 3.10. The summed E-state index contributed by atoms with van der Waals surface area (Å²) >= 11 is 1.78. The van der Waals surface area contributed by atoms with Crippen molar-refractivity contribution < 1.29 is 4.79 Å². The summed E-state index contributed by atoms with van der Waals surface area (Å²) in [5, 5.41) is 8.34. The molecular formula is C17H22IN5OS. The molecule has 0 spiro atoms. The predicted octanol–water partition coefficient (Wildman–Crippen LogP) is 2.01. The fraction of sp³-hybridized carbons (Fsp3) is 0.353. The zero-order chi connectivity index (χ0) is 16.8. The Balaban J connectivity index is 0.00000225. The Hall–Kier alpha value is -1.68. The summed E-state index contributed by atoms with van der Waals surface area (Å²) in [4.78, 5) is 24.1. The Kier molecular flexibility index (Phi) is 7.63. The number of carbonyl (C=O) groups is 1. The van der Waals surface area contributed by atoms with Crippen LogP contribution in [-0.4, -0.2) is 41.9 Å². The highest BCUT2D eigenvalue weighted by molar-refractivity contribution is 14.0. The predicted molar refractivity (Wildman–Crippen MR) is 111 cm³/mol. The van der Waals surface area contributed by atoms with Gasteiger partial charge in [-0.25, -0.2) is 0 Å². The summed E-state index contributed by atoms with van der Waals surface area (Å²) in [7, 11) is 1.69. The molecule has 0 saturated carbocycles. The Bertz CT molecular complexity index is 719. The number of rotatable bonds is 4. The van der Waals surface area contributed by atoms with E-state index in [1.165, 1.54) is 10.4 Å². The van der Waals surface area contributed by atoms with Crippen LogP contribution in [0.15, 0.2) is 40.8 Å². The fourth-order valence-corrected chi connectivity index (χ4v) is 3.52. The first-order valence-electron chi connectivity index (χ1n) is 7.93. The van der Waals surface area contributed by atoms with Gasteiger partial charge in [0.15, 0.2) is 5.96 Å². The number of thiophene rings is 1. The zero-order valence-corrected chi connectivity index (χ0v) is 17.2. The van der Waals surface area contributed by atoms with E-state index in [4.69, 9.17) is 0 Å². The zero-order valence-electron chi connectivity index (χ0n) is 14.1. The van der Waals surface area contributed by atoms with E-state index < -0.39 is 0 Å². The maximum Gasteiger partial charge on any atom is 0.242 e. The van der Waals surface area contributed by atoms with Gasteiger partial charge in [-0.2, -0.15) is 0 Å². The number of nitrogens with zero attached hydrogens (tertiary/aromatic N) is 3. The van der Waals surface area contributed by atoms with Gasteiger partial charge in [-0.05, 0) is 35.6 Å². The molecule has 1 aliphatic heterocycles. The van der Waals surface area contributed by atoms with Crippen LogP contribution in [0.4, 0.5) is 0 Å². The van der Waals surface area contributed by atoms with E-state index in [0.717, 1.165) is 18.7 Å². The summed E-state index contributed by atoms with van der Waals surface area (Å²) in [5.41, 5.74) is 2.20. The molecule has 0 bridgehead atoms. The lowest BCUT2D eigenvalue weighted by Crippen LogP contribution is -2.45. The minimum absolute atomic E-state index is 0. The number of nitrogens with one attached hydrogen (secondary N) is 2. The van der Waals surface area contributed by atoms with Crippen molar-refractivity contribution in [1.29, 1.82) is 0 Å². The standard InChI is InChI=1S/C17H21N5OS.HI/c1-18-17(20-10-14-4-2-3-7-19-14)21-11-16(23)22-8-5-15-13(12-22)6-9-24-15;/h2-4,6-7,9H,5,8,10-12H2,1H3,(H2,18,20,21);1H. The maximum absolute atomic E-state index is 12.4. The second kappa shape index (κ2) is 9.71. The Morgan fingerprint density at radius 2 is 2.24 bits per heavy atom. The van der Waals surface area contributed by atoms with E-state index in [-0.39, 0.29) is 36.4 Å². The van der Waals surface area contributed by atoms with Crippen LogP contribution in [0.2, 0.25) is 0 Å². The van der Waals surface area contributed by atoms with Crippen molar-refractivity contribution in [3.05, 3.63) is 52.0 Å². The van der Waals surface area contributed by atoms with E-state index in [1.807, 2.05) is 23.1 Å². The normalized spacial score (nSPS) is 13.6. The number of carbonyl (C=O) groups excluding carboxylic acids is 1. The number of hydrogen-bond donors (Lipinski definition) is 2. The lowest BCUT2D eigenvalue weighted by molar-refractivity contribution is -0.130. The fourth-order valence-electron chi connectivity index (χ4n) is 2.63. The molecule has 0 unspecified atom stereocenters. The van der Waals surface area contributed by atoms with E-state index in [9.17, 15) is 4.79 Å². The molecule has 0 saturated heterocycles. The topological polar surface area (TPSA) is 69.6 Å². The smallest absolute Gasteiger partial charge is 0.242 e. The molecule has 0 atom stereocenters. The van der Waals surface area contributed by atoms with Crippen molar-refractivity contribution in [2.45, 2.75) is 19.5 Å². The minimum atomic E-state index is 0. The first-order valence-corrected chi connectivity index (χ1v) is 8.81. The highest BCUT2D eigenvalue weighted by atomic mass is 127. The second-order valence-electron chi connectivity index (χ2n) is 5.53. The number of halogens is 1. The Labute approximate surface area is 168 Å². The van der Waals surface area contributed by atoms with Crippen LogP contribution in [0.25, 0.3) is 0 Å². The number of aromatic nitrogens is 1. The largest absolute Gasteiger partial charge is 0.351 e. The molecule has 25 heavy (non-hydrogen) atoms. The highest BCUT2D eigenvalue weighted by Crippen LogP contribution is 2.23. The Morgan fingerprint density at radius 1 is 1.36 bits per heavy atom. The lowest BCUT2D eigenvalue weighted by Gasteiger charge is -2.27. The molecule has 2 N–H and O–H groups in total. The average molecular weight is 471 g/mol. The SMILES string of the molecule is CN=C(NCC(=O)N1CCc2sccc2C1)NCc1ccccn1.I. The van der Waals surface area contributed by atoms with Crippen molar-refractivity contribution in [2.75, 3.05) is 20.1 Å². The van der Waals surface area contributed by atoms with Crippen LogP contribution in [0.5, 0.6) is 0 Å². The van der Waals surface area contributed by atoms with Crippen molar-refractivity contribution in [3.63, 3.8) is 0 Å². The molecule has 0 aromatic carbocycles. The van der Waals surface area contributed by atoms with E-state index in [2.05, 4.69) is 32.1 Å². The second-order valence-corrected chi connectivity index (χ2v) is 6.54. The van der Waals surface area contributed by atoms with E-state index >= 15 is 0 Å². The van der Waals surface area contributed by atoms with Gasteiger partial charge in [0.2, 0.25) is 5.91 Å². The van der Waals surface area contributed by atoms with Crippen molar-refractivity contribution in [3.8, 4) is 0 Å². The molecule has 134 valence electrons. The van der Waals surface area contributed by atoms with Gasteiger partial charge in [-0.3, -0.25) is 14.8 Å². The summed E-state index contributed by atoms with van der Waals surface area (Å²) in [6, 6.07) is 7.88. The molecule has 3 rings (SSSR count). The Morgan fingerprint density at radius 3 is 3.00 bits per heavy atom. The van der Waals surface area contributed by atoms with Crippen LogP contribution in [-0.2, 0) is 24.3 Å². The van der Waals surface area contributed by atoms with Gasteiger partial charge < -0.3 is 15.5 Å². The number of hydrogen-bond acceptors (Lipinski definition) is 4. The van der Waals surface area contributed by atoms with Gasteiger partial charge in [-0.1, -0.05) is 6.07 Å². The number of amides is 1. The highest BCUT2D eigenvalue weighted by Gasteiger charge is 2.21. The molecule has 3 heterocycles. The van der Waals surface area contributed by atoms with Crippen LogP contribution in [0.1, 0.15) is 16.1 Å².